The van der Waals surface area contributed by atoms with E-state index in [2.05, 4.69) is 14.9 Å². The summed E-state index contributed by atoms with van der Waals surface area (Å²) in [7, 11) is -3.06. The first-order valence-corrected chi connectivity index (χ1v) is 10.2. The lowest BCUT2D eigenvalue weighted by molar-refractivity contribution is 0.237. The van der Waals surface area contributed by atoms with Crippen molar-refractivity contribution < 1.29 is 8.42 Å². The van der Waals surface area contributed by atoms with Crippen LogP contribution in [0.15, 0.2) is 0 Å². The van der Waals surface area contributed by atoms with Gasteiger partial charge in [0.05, 0.1) is 5.75 Å². The van der Waals surface area contributed by atoms with Crippen LogP contribution in [0.25, 0.3) is 0 Å². The van der Waals surface area contributed by atoms with Crippen molar-refractivity contribution in [3.63, 3.8) is 0 Å². The third-order valence-electron chi connectivity index (χ3n) is 4.61. The van der Waals surface area contributed by atoms with Crippen LogP contribution in [0.3, 0.4) is 0 Å². The number of nitrogens with one attached hydrogen (secondary N) is 2. The number of piperazine rings is 1. The van der Waals surface area contributed by atoms with Gasteiger partial charge in [-0.25, -0.2) is 13.1 Å². The van der Waals surface area contributed by atoms with Gasteiger partial charge in [0.15, 0.2) is 0 Å². The molecule has 0 aromatic heterocycles. The van der Waals surface area contributed by atoms with E-state index in [-0.39, 0.29) is 0 Å². The molecule has 0 bridgehead atoms. The van der Waals surface area contributed by atoms with Crippen LogP contribution in [0.2, 0.25) is 0 Å². The van der Waals surface area contributed by atoms with Crippen LogP contribution in [-0.2, 0) is 10.0 Å². The quantitative estimate of drug-likeness (QED) is 0.660. The summed E-state index contributed by atoms with van der Waals surface area (Å²) >= 11 is 0. The summed E-state index contributed by atoms with van der Waals surface area (Å²) in [5.41, 5.74) is 0. The van der Waals surface area contributed by atoms with Crippen molar-refractivity contribution in [2.75, 3.05) is 45.0 Å². The van der Waals surface area contributed by atoms with Crippen molar-refractivity contribution in [2.45, 2.75) is 44.9 Å². The van der Waals surface area contributed by atoms with Crippen LogP contribution in [0.1, 0.15) is 44.9 Å². The zero-order valence-corrected chi connectivity index (χ0v) is 14.0. The van der Waals surface area contributed by atoms with Crippen LogP contribution in [0, 0.1) is 5.92 Å². The standard InChI is InChI=1S/C15H31N3O2S/c19-21(20,14-15-6-2-1-3-7-15)17-8-4-5-11-18-12-9-16-10-13-18/h15-17H,1-14H2. The summed E-state index contributed by atoms with van der Waals surface area (Å²) in [4.78, 5) is 2.45. The number of rotatable bonds is 8. The molecule has 2 fully saturated rings. The molecule has 0 atom stereocenters. The molecule has 21 heavy (non-hydrogen) atoms. The fraction of sp³-hybridized carbons (Fsp3) is 1.00. The second kappa shape index (κ2) is 9.08. The predicted molar refractivity (Wildman–Crippen MR) is 86.9 cm³/mol. The highest BCUT2D eigenvalue weighted by atomic mass is 32.2. The van der Waals surface area contributed by atoms with E-state index in [4.69, 9.17) is 0 Å². The van der Waals surface area contributed by atoms with Crippen molar-refractivity contribution in [2.24, 2.45) is 5.92 Å². The number of hydrogen-bond acceptors (Lipinski definition) is 4. The summed E-state index contributed by atoms with van der Waals surface area (Å²) in [6, 6.07) is 0. The topological polar surface area (TPSA) is 61.4 Å². The van der Waals surface area contributed by atoms with E-state index in [1.165, 1.54) is 19.3 Å². The molecule has 6 heteroatoms. The van der Waals surface area contributed by atoms with Gasteiger partial charge in [-0.2, -0.15) is 0 Å². The molecule has 1 heterocycles. The highest BCUT2D eigenvalue weighted by Gasteiger charge is 2.20. The Morgan fingerprint density at radius 1 is 1.05 bits per heavy atom. The van der Waals surface area contributed by atoms with Gasteiger partial charge in [0.1, 0.15) is 0 Å². The van der Waals surface area contributed by atoms with Crippen molar-refractivity contribution in [3.05, 3.63) is 0 Å². The number of hydrogen-bond donors (Lipinski definition) is 2. The maximum atomic E-state index is 12.0. The van der Waals surface area contributed by atoms with Gasteiger partial charge in [-0.15, -0.1) is 0 Å². The summed E-state index contributed by atoms with van der Waals surface area (Å²) in [5, 5.41) is 3.34. The molecule has 5 nitrogen and oxygen atoms in total. The molecule has 2 N–H and O–H groups in total. The Kier molecular flexibility index (Phi) is 7.43. The van der Waals surface area contributed by atoms with Crippen molar-refractivity contribution in [1.29, 1.82) is 0 Å². The first-order valence-electron chi connectivity index (χ1n) is 8.56. The van der Waals surface area contributed by atoms with E-state index in [1.54, 1.807) is 0 Å². The highest BCUT2D eigenvalue weighted by molar-refractivity contribution is 7.89. The summed E-state index contributed by atoms with van der Waals surface area (Å²) in [6.07, 6.45) is 7.86. The maximum absolute atomic E-state index is 12.0. The molecule has 0 aromatic carbocycles. The second-order valence-corrected chi connectivity index (χ2v) is 8.33. The van der Waals surface area contributed by atoms with Crippen molar-refractivity contribution >= 4 is 10.0 Å². The molecular formula is C15H31N3O2S. The molecule has 0 unspecified atom stereocenters. The van der Waals surface area contributed by atoms with Crippen LogP contribution < -0.4 is 10.0 Å². The number of unbranched alkanes of at least 4 members (excludes halogenated alkanes) is 1. The van der Waals surface area contributed by atoms with Gasteiger partial charge in [-0.05, 0) is 38.1 Å². The van der Waals surface area contributed by atoms with E-state index in [9.17, 15) is 8.42 Å². The molecule has 0 amide bonds. The minimum atomic E-state index is -3.06. The van der Waals surface area contributed by atoms with E-state index in [0.29, 0.717) is 18.2 Å². The third kappa shape index (κ3) is 7.08. The van der Waals surface area contributed by atoms with Gasteiger partial charge in [-0.3, -0.25) is 0 Å². The first kappa shape index (κ1) is 17.2. The first-order chi connectivity index (χ1) is 10.2. The van der Waals surface area contributed by atoms with Gasteiger partial charge < -0.3 is 10.2 Å². The van der Waals surface area contributed by atoms with Gasteiger partial charge in [0.2, 0.25) is 10.0 Å². The van der Waals surface area contributed by atoms with Crippen molar-refractivity contribution in [1.82, 2.24) is 14.9 Å². The van der Waals surface area contributed by atoms with E-state index < -0.39 is 10.0 Å². The minimum Gasteiger partial charge on any atom is -0.314 e. The van der Waals surface area contributed by atoms with Crippen LogP contribution in [0.4, 0.5) is 0 Å². The van der Waals surface area contributed by atoms with Crippen LogP contribution >= 0.6 is 0 Å². The fourth-order valence-corrected chi connectivity index (χ4v) is 4.87. The molecule has 2 rings (SSSR count). The monoisotopic (exact) mass is 317 g/mol. The van der Waals surface area contributed by atoms with Gasteiger partial charge >= 0.3 is 0 Å². The highest BCUT2D eigenvalue weighted by Crippen LogP contribution is 2.24. The van der Waals surface area contributed by atoms with Gasteiger partial charge in [-0.1, -0.05) is 19.3 Å². The minimum absolute atomic E-state index is 0.338. The molecule has 1 saturated heterocycles. The van der Waals surface area contributed by atoms with Gasteiger partial charge in [0, 0.05) is 32.7 Å². The maximum Gasteiger partial charge on any atom is 0.211 e. The Hall–Kier alpha value is -0.170. The largest absolute Gasteiger partial charge is 0.314 e. The lowest BCUT2D eigenvalue weighted by Crippen LogP contribution is -2.43. The Morgan fingerprint density at radius 3 is 2.48 bits per heavy atom. The molecule has 1 saturated carbocycles. The molecule has 0 radical (unpaired) electrons. The Bertz CT molecular complexity index is 374. The van der Waals surface area contributed by atoms with Crippen LogP contribution in [-0.4, -0.2) is 58.3 Å². The molecule has 2 aliphatic rings. The van der Waals surface area contributed by atoms with Crippen LogP contribution in [0.5, 0.6) is 0 Å². The van der Waals surface area contributed by atoms with Gasteiger partial charge in [0.25, 0.3) is 0 Å². The normalized spacial score (nSPS) is 22.5. The number of nitrogens with zero attached hydrogens (tertiary/aromatic N) is 1. The molecule has 0 spiro atoms. The summed E-state index contributed by atoms with van der Waals surface area (Å²) < 4.78 is 26.9. The fourth-order valence-electron chi connectivity index (χ4n) is 3.35. The third-order valence-corrected chi connectivity index (χ3v) is 6.17. The zero-order chi connectivity index (χ0) is 15.0. The average Bonchev–Trinajstić information content (AvgIpc) is 2.48. The van der Waals surface area contributed by atoms with E-state index in [1.807, 2.05) is 0 Å². The molecule has 1 aliphatic heterocycles. The Balaban J connectivity index is 1.54. The lowest BCUT2D eigenvalue weighted by Gasteiger charge is -2.27. The predicted octanol–water partition coefficient (Wildman–Crippen LogP) is 1.17. The SMILES string of the molecule is O=S(=O)(CC1CCCCC1)NCCCCN1CCNCC1. The molecule has 0 aromatic rings. The van der Waals surface area contributed by atoms with E-state index >= 15 is 0 Å². The van der Waals surface area contributed by atoms with Crippen molar-refractivity contribution in [3.8, 4) is 0 Å². The lowest BCUT2D eigenvalue weighted by atomic mass is 9.91. The second-order valence-electron chi connectivity index (χ2n) is 6.48. The number of sulfonamides is 1. The molecule has 1 aliphatic carbocycles. The Morgan fingerprint density at radius 2 is 1.76 bits per heavy atom. The average molecular weight is 317 g/mol. The zero-order valence-electron chi connectivity index (χ0n) is 13.1. The Labute approximate surface area is 129 Å². The smallest absolute Gasteiger partial charge is 0.211 e. The van der Waals surface area contributed by atoms with E-state index in [0.717, 1.165) is 58.4 Å². The molecule has 124 valence electrons. The summed E-state index contributed by atoms with van der Waals surface area (Å²) in [5.74, 6) is 0.724. The summed E-state index contributed by atoms with van der Waals surface area (Å²) in [6.45, 7) is 6.08. The molecular weight excluding hydrogens is 286 g/mol.